The number of hydrogen-bond donors (Lipinski definition) is 2. The lowest BCUT2D eigenvalue weighted by molar-refractivity contribution is -0.148. The number of rotatable bonds is 9. The molecule has 0 saturated heterocycles. The maximum Gasteiger partial charge on any atom is 0.325 e. The molecule has 0 unspecified atom stereocenters. The highest BCUT2D eigenvalue weighted by Gasteiger charge is 2.51. The molecule has 3 rings (SSSR count). The molecule has 7 nitrogen and oxygen atoms in total. The molecule has 0 aliphatic heterocycles. The fourth-order valence-electron chi connectivity index (χ4n) is 3.75. The summed E-state index contributed by atoms with van der Waals surface area (Å²) in [6.45, 7) is -0.328. The third kappa shape index (κ3) is 4.48. The fraction of sp³-hybridized carbons (Fsp3) is 0.381. The first-order valence-electron chi connectivity index (χ1n) is 9.70. The van der Waals surface area contributed by atoms with Gasteiger partial charge in [-0.15, -0.1) is 0 Å². The second kappa shape index (κ2) is 9.11. The number of sulfonamides is 1. The second-order valence-corrected chi connectivity index (χ2v) is 9.09. The summed E-state index contributed by atoms with van der Waals surface area (Å²) in [7, 11) is -4.12. The van der Waals surface area contributed by atoms with Gasteiger partial charge in [0.2, 0.25) is 10.0 Å². The molecule has 0 radical (unpaired) electrons. The zero-order chi connectivity index (χ0) is 21.8. The summed E-state index contributed by atoms with van der Waals surface area (Å²) in [5.41, 5.74) is -1.50. The first-order chi connectivity index (χ1) is 14.3. The molecule has 0 spiro atoms. The minimum Gasteiger partial charge on any atom is -0.480 e. The molecular weight excluding hydrogens is 413 g/mol. The molecule has 2 N–H and O–H groups in total. The van der Waals surface area contributed by atoms with Crippen LogP contribution in [0.3, 0.4) is 0 Å². The van der Waals surface area contributed by atoms with Crippen molar-refractivity contribution in [2.45, 2.75) is 42.5 Å². The number of benzene rings is 2. The van der Waals surface area contributed by atoms with E-state index in [-0.39, 0.29) is 37.3 Å². The summed E-state index contributed by atoms with van der Waals surface area (Å²) in [5.74, 6) is -0.813. The van der Waals surface area contributed by atoms with Crippen LogP contribution in [0.15, 0.2) is 53.4 Å². The highest BCUT2D eigenvalue weighted by atomic mass is 32.2. The van der Waals surface area contributed by atoms with Gasteiger partial charge in [-0.05, 0) is 67.8 Å². The third-order valence-corrected chi connectivity index (χ3v) is 7.27. The Labute approximate surface area is 174 Å². The number of carboxylic acid groups (broad SMARTS) is 1. The molecule has 1 fully saturated rings. The first-order valence-corrected chi connectivity index (χ1v) is 11.1. The van der Waals surface area contributed by atoms with E-state index >= 15 is 0 Å². The molecule has 0 atom stereocenters. The summed E-state index contributed by atoms with van der Waals surface area (Å²) in [4.78, 5) is 12.0. The summed E-state index contributed by atoms with van der Waals surface area (Å²) in [6, 6.07) is 11.0. The van der Waals surface area contributed by atoms with Crippen LogP contribution in [-0.2, 0) is 14.8 Å². The molecule has 0 bridgehead atoms. The maximum atomic E-state index is 13.3. The van der Waals surface area contributed by atoms with Crippen LogP contribution in [0, 0.1) is 5.82 Å². The van der Waals surface area contributed by atoms with E-state index in [4.69, 9.17) is 4.74 Å². The quantitative estimate of drug-likeness (QED) is 0.623. The van der Waals surface area contributed by atoms with Gasteiger partial charge in [-0.25, -0.2) is 12.8 Å². The van der Waals surface area contributed by atoms with E-state index in [0.29, 0.717) is 24.3 Å². The predicted octanol–water partition coefficient (Wildman–Crippen LogP) is 3.39. The summed E-state index contributed by atoms with van der Waals surface area (Å²) < 4.78 is 46.3. The number of carbonyl (C=O) groups is 1. The van der Waals surface area contributed by atoms with Gasteiger partial charge in [-0.2, -0.15) is 4.31 Å². The lowest BCUT2D eigenvalue weighted by Gasteiger charge is -2.36. The molecule has 30 heavy (non-hydrogen) atoms. The van der Waals surface area contributed by atoms with Crippen molar-refractivity contribution in [1.29, 1.82) is 0 Å². The van der Waals surface area contributed by atoms with Crippen LogP contribution in [0.1, 0.15) is 32.1 Å². The number of aliphatic hydroxyl groups is 1. The highest BCUT2D eigenvalue weighted by Crippen LogP contribution is 2.39. The average molecular weight is 437 g/mol. The van der Waals surface area contributed by atoms with Crippen molar-refractivity contribution >= 4 is 16.0 Å². The van der Waals surface area contributed by atoms with E-state index in [2.05, 4.69) is 0 Å². The third-order valence-electron chi connectivity index (χ3n) is 5.29. The first kappa shape index (κ1) is 22.2. The van der Waals surface area contributed by atoms with Crippen LogP contribution in [0.4, 0.5) is 4.39 Å². The SMILES string of the molecule is O=C(O)C1(N(CCCO)S(=O)(=O)c2ccc(Oc3ccc(F)cc3)cc2)CCCC1. The molecule has 0 amide bonds. The Kier molecular flexibility index (Phi) is 6.74. The number of ether oxygens (including phenoxy) is 1. The monoisotopic (exact) mass is 437 g/mol. The van der Waals surface area contributed by atoms with Crippen LogP contribution in [0.25, 0.3) is 0 Å². The van der Waals surface area contributed by atoms with Gasteiger partial charge in [0.25, 0.3) is 0 Å². The lowest BCUT2D eigenvalue weighted by atomic mass is 9.97. The van der Waals surface area contributed by atoms with Gasteiger partial charge in [0, 0.05) is 13.2 Å². The van der Waals surface area contributed by atoms with Gasteiger partial charge >= 0.3 is 5.97 Å². The second-order valence-electron chi connectivity index (χ2n) is 7.23. The van der Waals surface area contributed by atoms with Crippen molar-refractivity contribution in [3.63, 3.8) is 0 Å². The Hall–Kier alpha value is -2.49. The Balaban J connectivity index is 1.88. The molecule has 2 aromatic carbocycles. The van der Waals surface area contributed by atoms with Gasteiger partial charge in [-0.1, -0.05) is 12.8 Å². The van der Waals surface area contributed by atoms with Crippen molar-refractivity contribution in [2.75, 3.05) is 13.2 Å². The average Bonchev–Trinajstić information content (AvgIpc) is 3.21. The number of hydrogen-bond acceptors (Lipinski definition) is 5. The van der Waals surface area contributed by atoms with Gasteiger partial charge in [0.15, 0.2) is 0 Å². The standard InChI is InChI=1S/C21H24FNO6S/c22-16-4-6-17(7-5-16)29-18-8-10-19(11-9-18)30(27,28)23(14-3-15-24)21(20(25)26)12-1-2-13-21/h4-11,24H,1-3,12-15H2,(H,25,26). The predicted molar refractivity (Wildman–Crippen MR) is 107 cm³/mol. The van der Waals surface area contributed by atoms with Crippen LogP contribution in [0.2, 0.25) is 0 Å². The molecule has 1 aliphatic carbocycles. The van der Waals surface area contributed by atoms with Crippen LogP contribution < -0.4 is 4.74 Å². The summed E-state index contributed by atoms with van der Waals surface area (Å²) in [6.07, 6.45) is 1.86. The minimum absolute atomic E-state index is 0.0561. The highest BCUT2D eigenvalue weighted by molar-refractivity contribution is 7.89. The lowest BCUT2D eigenvalue weighted by Crippen LogP contribution is -2.55. The normalized spacial score (nSPS) is 16.0. The molecule has 9 heteroatoms. The van der Waals surface area contributed by atoms with Crippen molar-refractivity contribution in [2.24, 2.45) is 0 Å². The van der Waals surface area contributed by atoms with Crippen molar-refractivity contribution in [1.82, 2.24) is 4.31 Å². The van der Waals surface area contributed by atoms with Gasteiger partial charge in [0.1, 0.15) is 22.9 Å². The van der Waals surface area contributed by atoms with Gasteiger partial charge in [0.05, 0.1) is 4.90 Å². The molecule has 0 aromatic heterocycles. The van der Waals surface area contributed by atoms with Crippen LogP contribution >= 0.6 is 0 Å². The van der Waals surface area contributed by atoms with E-state index in [0.717, 1.165) is 4.31 Å². The van der Waals surface area contributed by atoms with E-state index < -0.39 is 27.3 Å². The Morgan fingerprint density at radius 1 is 1.03 bits per heavy atom. The zero-order valence-corrected chi connectivity index (χ0v) is 17.1. The molecule has 0 heterocycles. The van der Waals surface area contributed by atoms with Crippen LogP contribution in [0.5, 0.6) is 11.5 Å². The summed E-state index contributed by atoms with van der Waals surface area (Å²) in [5, 5.41) is 19.1. The maximum absolute atomic E-state index is 13.3. The Morgan fingerprint density at radius 3 is 2.07 bits per heavy atom. The number of aliphatic hydroxyl groups excluding tert-OH is 1. The molecular formula is C21H24FNO6S. The van der Waals surface area contributed by atoms with E-state index in [1.54, 1.807) is 0 Å². The van der Waals surface area contributed by atoms with Crippen molar-refractivity contribution < 1.29 is 32.6 Å². The molecule has 2 aromatic rings. The van der Waals surface area contributed by atoms with Gasteiger partial charge < -0.3 is 14.9 Å². The number of nitrogens with zero attached hydrogens (tertiary/aromatic N) is 1. The van der Waals surface area contributed by atoms with Crippen LogP contribution in [-0.4, -0.2) is 47.6 Å². The number of halogens is 1. The summed E-state index contributed by atoms with van der Waals surface area (Å²) >= 11 is 0. The zero-order valence-electron chi connectivity index (χ0n) is 16.3. The molecule has 1 saturated carbocycles. The molecule has 162 valence electrons. The minimum atomic E-state index is -4.12. The largest absolute Gasteiger partial charge is 0.480 e. The number of carboxylic acids is 1. The van der Waals surface area contributed by atoms with E-state index in [1.165, 1.54) is 48.5 Å². The fourth-order valence-corrected chi connectivity index (χ4v) is 5.58. The van der Waals surface area contributed by atoms with E-state index in [1.807, 2.05) is 0 Å². The molecule has 1 aliphatic rings. The van der Waals surface area contributed by atoms with E-state index in [9.17, 15) is 27.8 Å². The Bertz CT molecular complexity index is 970. The van der Waals surface area contributed by atoms with Crippen molar-refractivity contribution in [3.05, 3.63) is 54.3 Å². The smallest absolute Gasteiger partial charge is 0.325 e. The number of aliphatic carboxylic acids is 1. The van der Waals surface area contributed by atoms with Crippen molar-refractivity contribution in [3.8, 4) is 11.5 Å². The Morgan fingerprint density at radius 2 is 1.57 bits per heavy atom. The van der Waals surface area contributed by atoms with Gasteiger partial charge in [-0.3, -0.25) is 4.79 Å². The topological polar surface area (TPSA) is 104 Å².